The van der Waals surface area contributed by atoms with Crippen molar-refractivity contribution in [1.29, 1.82) is 0 Å². The number of benzene rings is 2. The highest BCUT2D eigenvalue weighted by molar-refractivity contribution is 7.89. The second-order valence-corrected chi connectivity index (χ2v) is 8.44. The van der Waals surface area contributed by atoms with Crippen LogP contribution in [0.5, 0.6) is 5.75 Å². The van der Waals surface area contributed by atoms with Crippen molar-refractivity contribution in [2.75, 3.05) is 39.9 Å². The maximum atomic E-state index is 12.6. The summed E-state index contributed by atoms with van der Waals surface area (Å²) in [5, 5.41) is 0.343. The Morgan fingerprint density at radius 3 is 2.78 bits per heavy atom. The summed E-state index contributed by atoms with van der Waals surface area (Å²) in [6.07, 6.45) is 0.00424. The fourth-order valence-corrected chi connectivity index (χ4v) is 4.50. The Morgan fingerprint density at radius 1 is 1.26 bits per heavy atom. The van der Waals surface area contributed by atoms with Crippen LogP contribution in [-0.4, -0.2) is 53.2 Å². The lowest BCUT2D eigenvalue weighted by molar-refractivity contribution is -0.0291. The molecular formula is C19H23ClN2O4S. The summed E-state index contributed by atoms with van der Waals surface area (Å²) in [5.41, 5.74) is 1.13. The van der Waals surface area contributed by atoms with E-state index in [9.17, 15) is 8.42 Å². The molecule has 6 nitrogen and oxygen atoms in total. The van der Waals surface area contributed by atoms with Crippen LogP contribution in [0.1, 0.15) is 11.7 Å². The number of nitrogens with one attached hydrogen (secondary N) is 1. The molecule has 1 fully saturated rings. The SMILES string of the molecule is COc1ccc(Cl)cc1S(=O)(=O)NCCN1CCO[C@H](c2ccccc2)C1. The molecule has 146 valence electrons. The van der Waals surface area contributed by atoms with Crippen LogP contribution in [0.4, 0.5) is 0 Å². The number of methoxy groups -OCH3 is 1. The molecule has 1 saturated heterocycles. The van der Waals surface area contributed by atoms with Crippen molar-refractivity contribution in [3.63, 3.8) is 0 Å². The molecule has 0 bridgehead atoms. The normalized spacial score (nSPS) is 18.4. The van der Waals surface area contributed by atoms with E-state index in [0.717, 1.165) is 18.7 Å². The zero-order valence-electron chi connectivity index (χ0n) is 15.1. The van der Waals surface area contributed by atoms with Crippen LogP contribution in [0.2, 0.25) is 5.02 Å². The number of hydrogen-bond acceptors (Lipinski definition) is 5. The summed E-state index contributed by atoms with van der Waals surface area (Å²) in [7, 11) is -2.28. The highest BCUT2D eigenvalue weighted by Crippen LogP contribution is 2.27. The molecule has 8 heteroatoms. The van der Waals surface area contributed by atoms with Gasteiger partial charge in [0.2, 0.25) is 10.0 Å². The van der Waals surface area contributed by atoms with Crippen molar-refractivity contribution < 1.29 is 17.9 Å². The van der Waals surface area contributed by atoms with E-state index in [-0.39, 0.29) is 16.7 Å². The Bertz CT molecular complexity index is 861. The van der Waals surface area contributed by atoms with Crippen LogP contribution < -0.4 is 9.46 Å². The van der Waals surface area contributed by atoms with Crippen molar-refractivity contribution in [2.24, 2.45) is 0 Å². The molecule has 0 aliphatic carbocycles. The molecule has 3 rings (SSSR count). The van der Waals surface area contributed by atoms with E-state index in [0.29, 0.717) is 24.7 Å². The summed E-state index contributed by atoms with van der Waals surface area (Å²) in [5.74, 6) is 0.266. The minimum absolute atomic E-state index is 0.00424. The van der Waals surface area contributed by atoms with E-state index in [4.69, 9.17) is 21.1 Å². The van der Waals surface area contributed by atoms with E-state index < -0.39 is 10.0 Å². The van der Waals surface area contributed by atoms with Gasteiger partial charge in [-0.25, -0.2) is 13.1 Å². The summed E-state index contributed by atoms with van der Waals surface area (Å²) < 4.78 is 38.8. The number of nitrogens with zero attached hydrogens (tertiary/aromatic N) is 1. The molecule has 1 atom stereocenters. The second kappa shape index (κ2) is 9.03. The minimum atomic E-state index is -3.71. The Morgan fingerprint density at radius 2 is 2.04 bits per heavy atom. The first-order valence-electron chi connectivity index (χ1n) is 8.72. The first-order chi connectivity index (χ1) is 13.0. The Balaban J connectivity index is 1.58. The van der Waals surface area contributed by atoms with E-state index in [1.165, 1.54) is 13.2 Å². The predicted octanol–water partition coefficient (Wildman–Crippen LogP) is 2.70. The quantitative estimate of drug-likeness (QED) is 0.760. The molecule has 1 N–H and O–H groups in total. The van der Waals surface area contributed by atoms with Crippen molar-refractivity contribution in [3.8, 4) is 5.75 Å². The molecule has 0 spiro atoms. The Labute approximate surface area is 165 Å². The highest BCUT2D eigenvalue weighted by atomic mass is 35.5. The summed E-state index contributed by atoms with van der Waals surface area (Å²) in [6.45, 7) is 3.00. The maximum Gasteiger partial charge on any atom is 0.244 e. The third kappa shape index (κ3) is 5.21. The first-order valence-corrected chi connectivity index (χ1v) is 10.6. The number of morpholine rings is 1. The maximum absolute atomic E-state index is 12.6. The number of rotatable bonds is 7. The molecule has 0 amide bonds. The van der Waals surface area contributed by atoms with Crippen molar-refractivity contribution >= 4 is 21.6 Å². The van der Waals surface area contributed by atoms with Gasteiger partial charge in [-0.15, -0.1) is 0 Å². The third-order valence-corrected chi connectivity index (χ3v) is 6.17. The van der Waals surface area contributed by atoms with Gasteiger partial charge in [-0.2, -0.15) is 0 Å². The number of halogens is 1. The van der Waals surface area contributed by atoms with Crippen molar-refractivity contribution in [2.45, 2.75) is 11.0 Å². The molecule has 0 saturated carbocycles. The van der Waals surface area contributed by atoms with Crippen molar-refractivity contribution in [3.05, 3.63) is 59.1 Å². The lowest BCUT2D eigenvalue weighted by Crippen LogP contribution is -2.42. The van der Waals surface area contributed by atoms with Crippen LogP contribution in [0.15, 0.2) is 53.4 Å². The fourth-order valence-electron chi connectivity index (χ4n) is 3.05. The standard InChI is InChI=1S/C19H23ClN2O4S/c1-25-17-8-7-16(20)13-19(17)27(23,24)21-9-10-22-11-12-26-18(14-22)15-5-3-2-4-6-15/h2-8,13,18,21H,9-12,14H2,1H3/t18-/m0/s1. The Kier molecular flexibility index (Phi) is 6.73. The molecular weight excluding hydrogens is 388 g/mol. The average molecular weight is 411 g/mol. The molecule has 27 heavy (non-hydrogen) atoms. The molecule has 1 heterocycles. The molecule has 2 aromatic rings. The third-order valence-electron chi connectivity index (χ3n) is 4.46. The summed E-state index contributed by atoms with van der Waals surface area (Å²) >= 11 is 5.94. The first kappa shape index (κ1) is 20.1. The number of ether oxygens (including phenoxy) is 2. The summed E-state index contributed by atoms with van der Waals surface area (Å²) in [4.78, 5) is 2.24. The second-order valence-electron chi connectivity index (χ2n) is 6.26. The molecule has 1 aliphatic rings. The van der Waals surface area contributed by atoms with Crippen LogP contribution in [0, 0.1) is 0 Å². The topological polar surface area (TPSA) is 67.9 Å². The molecule has 0 radical (unpaired) electrons. The van der Waals surface area contributed by atoms with Crippen LogP contribution in [-0.2, 0) is 14.8 Å². The zero-order chi connectivity index (χ0) is 19.3. The van der Waals surface area contributed by atoms with Gasteiger partial charge in [-0.1, -0.05) is 41.9 Å². The van der Waals surface area contributed by atoms with Gasteiger partial charge in [-0.3, -0.25) is 4.90 Å². The van der Waals surface area contributed by atoms with Gasteiger partial charge in [0.15, 0.2) is 0 Å². The largest absolute Gasteiger partial charge is 0.495 e. The molecule has 0 unspecified atom stereocenters. The number of hydrogen-bond donors (Lipinski definition) is 1. The molecule has 2 aromatic carbocycles. The van der Waals surface area contributed by atoms with E-state index in [1.807, 2.05) is 30.3 Å². The van der Waals surface area contributed by atoms with Gasteiger partial charge in [0.25, 0.3) is 0 Å². The van der Waals surface area contributed by atoms with Gasteiger partial charge < -0.3 is 9.47 Å². The van der Waals surface area contributed by atoms with E-state index in [1.54, 1.807) is 12.1 Å². The van der Waals surface area contributed by atoms with Crippen molar-refractivity contribution in [1.82, 2.24) is 9.62 Å². The van der Waals surface area contributed by atoms with Gasteiger partial charge in [0, 0.05) is 31.2 Å². The van der Waals surface area contributed by atoms with E-state index in [2.05, 4.69) is 9.62 Å². The Hall–Kier alpha value is -1.64. The average Bonchev–Trinajstić information content (AvgIpc) is 2.69. The predicted molar refractivity (Wildman–Crippen MR) is 105 cm³/mol. The number of sulfonamides is 1. The highest BCUT2D eigenvalue weighted by Gasteiger charge is 2.23. The van der Waals surface area contributed by atoms with Crippen LogP contribution in [0.3, 0.4) is 0 Å². The van der Waals surface area contributed by atoms with Gasteiger partial charge >= 0.3 is 0 Å². The van der Waals surface area contributed by atoms with Gasteiger partial charge in [0.05, 0.1) is 19.8 Å². The van der Waals surface area contributed by atoms with Gasteiger partial charge in [-0.05, 0) is 23.8 Å². The van der Waals surface area contributed by atoms with Gasteiger partial charge in [0.1, 0.15) is 10.6 Å². The van der Waals surface area contributed by atoms with Crippen LogP contribution >= 0.6 is 11.6 Å². The fraction of sp³-hybridized carbons (Fsp3) is 0.368. The molecule has 0 aromatic heterocycles. The smallest absolute Gasteiger partial charge is 0.244 e. The van der Waals surface area contributed by atoms with E-state index >= 15 is 0 Å². The molecule has 1 aliphatic heterocycles. The summed E-state index contributed by atoms with van der Waals surface area (Å²) in [6, 6.07) is 14.6. The zero-order valence-corrected chi connectivity index (χ0v) is 16.7. The lowest BCUT2D eigenvalue weighted by atomic mass is 10.1. The minimum Gasteiger partial charge on any atom is -0.495 e. The monoisotopic (exact) mass is 410 g/mol. The van der Waals surface area contributed by atoms with Crippen LogP contribution in [0.25, 0.3) is 0 Å². The lowest BCUT2D eigenvalue weighted by Gasteiger charge is -2.33.